The van der Waals surface area contributed by atoms with E-state index in [1.54, 1.807) is 11.0 Å². The first-order valence-electron chi connectivity index (χ1n) is 11.0. The highest BCUT2D eigenvalue weighted by molar-refractivity contribution is 6.23. The Balaban J connectivity index is 1.94. The first kappa shape index (κ1) is 21.0. The monoisotopic (exact) mass is 443 g/mol. The van der Waals surface area contributed by atoms with Crippen LogP contribution in [0, 0.1) is 13.8 Å². The topological polar surface area (TPSA) is 102 Å². The van der Waals surface area contributed by atoms with Crippen molar-refractivity contribution in [1.82, 2.24) is 0 Å². The van der Waals surface area contributed by atoms with Crippen molar-refractivity contribution in [3.63, 3.8) is 0 Å². The Bertz CT molecular complexity index is 1310. The Morgan fingerprint density at radius 3 is 2.61 bits per heavy atom. The van der Waals surface area contributed by atoms with E-state index in [-0.39, 0.29) is 17.2 Å². The van der Waals surface area contributed by atoms with Gasteiger partial charge in [-0.1, -0.05) is 35.9 Å². The van der Waals surface area contributed by atoms with Crippen molar-refractivity contribution < 1.29 is 19.1 Å². The molecule has 2 aromatic rings. The number of rotatable bonds is 2. The van der Waals surface area contributed by atoms with Crippen LogP contribution in [0.4, 0.5) is 11.4 Å². The second-order valence-electron chi connectivity index (χ2n) is 8.73. The van der Waals surface area contributed by atoms with E-state index in [0.717, 1.165) is 16.8 Å². The molecule has 7 nitrogen and oxygen atoms in total. The van der Waals surface area contributed by atoms with Gasteiger partial charge in [-0.3, -0.25) is 14.5 Å². The van der Waals surface area contributed by atoms with Crippen LogP contribution in [0.15, 0.2) is 65.1 Å². The lowest BCUT2D eigenvalue weighted by atomic mass is 9.63. The molecule has 1 spiro atoms. The molecule has 0 fully saturated rings. The van der Waals surface area contributed by atoms with E-state index >= 15 is 0 Å². The first-order valence-corrected chi connectivity index (χ1v) is 11.0. The van der Waals surface area contributed by atoms with Gasteiger partial charge in [0.1, 0.15) is 16.8 Å². The smallest absolute Gasteiger partial charge is 0.339 e. The minimum absolute atomic E-state index is 0.0240. The summed E-state index contributed by atoms with van der Waals surface area (Å²) in [6.07, 6.45) is 1.49. The van der Waals surface area contributed by atoms with E-state index in [1.807, 2.05) is 50.2 Å². The van der Waals surface area contributed by atoms with Gasteiger partial charge in [0, 0.05) is 28.9 Å². The number of methoxy groups -OCH3 is 1. The Morgan fingerprint density at radius 2 is 1.88 bits per heavy atom. The van der Waals surface area contributed by atoms with Crippen molar-refractivity contribution in [2.75, 3.05) is 17.3 Å². The summed E-state index contributed by atoms with van der Waals surface area (Å²) in [5, 5.41) is 2.89. The molecule has 5 rings (SSSR count). The van der Waals surface area contributed by atoms with Crippen LogP contribution < -0.4 is 16.0 Å². The van der Waals surface area contributed by atoms with Gasteiger partial charge in [0.25, 0.3) is 0 Å². The number of carbonyl (C=O) groups excluding carboxylic acids is 3. The number of para-hydroxylation sites is 1. The lowest BCUT2D eigenvalue weighted by molar-refractivity contribution is -0.138. The van der Waals surface area contributed by atoms with E-state index in [4.69, 9.17) is 10.5 Å². The molecule has 0 bridgehead atoms. The van der Waals surface area contributed by atoms with Gasteiger partial charge >= 0.3 is 5.97 Å². The molecule has 2 aromatic carbocycles. The number of anilines is 2. The molecule has 7 heteroatoms. The number of ketones is 1. The normalized spacial score (nSPS) is 21.8. The van der Waals surface area contributed by atoms with E-state index in [2.05, 4.69) is 5.32 Å². The fourth-order valence-electron chi connectivity index (χ4n) is 5.41. The number of hydrogen-bond acceptors (Lipinski definition) is 6. The van der Waals surface area contributed by atoms with Gasteiger partial charge in [-0.25, -0.2) is 4.79 Å². The summed E-state index contributed by atoms with van der Waals surface area (Å²) in [6.45, 7) is 3.85. The van der Waals surface area contributed by atoms with Crippen LogP contribution in [0.2, 0.25) is 0 Å². The minimum Gasteiger partial charge on any atom is -0.466 e. The van der Waals surface area contributed by atoms with Crippen LogP contribution in [-0.2, 0) is 24.5 Å². The standard InChI is InChI=1S/C26H25N3O4/c1-14-11-12-17-16(13-14)26(25(32)28-17)21-19(9-6-10-20(21)30)29(18-8-5-4-7-15(18)2)23(27)22(26)24(31)33-3/h4-5,7-8,11-13H,6,9-10,27H2,1-3H3,(H,28,32). The number of aryl methyl sites for hydroxylation is 2. The third-order valence-electron chi connectivity index (χ3n) is 6.82. The number of allylic oxidation sites excluding steroid dienone is 1. The molecule has 33 heavy (non-hydrogen) atoms. The molecule has 2 heterocycles. The Kier molecular flexibility index (Phi) is 4.67. The van der Waals surface area contributed by atoms with Crippen LogP contribution in [0.5, 0.6) is 0 Å². The molecule has 0 saturated carbocycles. The Hall–Kier alpha value is -3.87. The van der Waals surface area contributed by atoms with Crippen molar-refractivity contribution in [1.29, 1.82) is 0 Å². The fraction of sp³-hybridized carbons (Fsp3) is 0.269. The number of esters is 1. The highest BCUT2D eigenvalue weighted by atomic mass is 16.5. The quantitative estimate of drug-likeness (QED) is 0.690. The number of nitrogens with one attached hydrogen (secondary N) is 1. The van der Waals surface area contributed by atoms with E-state index < -0.39 is 17.3 Å². The van der Waals surface area contributed by atoms with Crippen LogP contribution in [0.25, 0.3) is 0 Å². The highest BCUT2D eigenvalue weighted by Gasteiger charge is 2.62. The molecule has 168 valence electrons. The van der Waals surface area contributed by atoms with E-state index in [9.17, 15) is 14.4 Å². The van der Waals surface area contributed by atoms with Crippen molar-refractivity contribution in [3.8, 4) is 0 Å². The molecule has 3 N–H and O–H groups in total. The third kappa shape index (κ3) is 2.71. The Labute approximate surface area is 191 Å². The third-order valence-corrected chi connectivity index (χ3v) is 6.82. The van der Waals surface area contributed by atoms with Crippen LogP contribution in [0.3, 0.4) is 0 Å². The largest absolute Gasteiger partial charge is 0.466 e. The van der Waals surface area contributed by atoms with Crippen molar-refractivity contribution >= 4 is 29.0 Å². The predicted molar refractivity (Wildman–Crippen MR) is 124 cm³/mol. The number of amides is 1. The average molecular weight is 444 g/mol. The number of ether oxygens (including phenoxy) is 1. The van der Waals surface area contributed by atoms with Gasteiger partial charge in [0.05, 0.1) is 12.8 Å². The molecule has 1 amide bonds. The summed E-state index contributed by atoms with van der Waals surface area (Å²) in [5.41, 5.74) is 9.76. The number of hydrogen-bond donors (Lipinski definition) is 2. The molecular formula is C26H25N3O4. The summed E-state index contributed by atoms with van der Waals surface area (Å²) < 4.78 is 5.15. The van der Waals surface area contributed by atoms with Crippen molar-refractivity contribution in [2.45, 2.75) is 38.5 Å². The lowest BCUT2D eigenvalue weighted by Crippen LogP contribution is -2.53. The molecule has 2 aliphatic heterocycles. The zero-order valence-electron chi connectivity index (χ0n) is 18.8. The predicted octanol–water partition coefficient (Wildman–Crippen LogP) is 3.36. The molecule has 1 atom stereocenters. The number of nitrogens with zero attached hydrogens (tertiary/aromatic N) is 1. The SMILES string of the molecule is COC(=O)C1=C(N)N(c2ccccc2C)C2=C(C(=O)CCC2)C12C(=O)Nc1ccc(C)cc12. The maximum absolute atomic E-state index is 13.8. The molecular weight excluding hydrogens is 418 g/mol. The molecule has 0 aromatic heterocycles. The van der Waals surface area contributed by atoms with Gasteiger partial charge < -0.3 is 15.8 Å². The lowest BCUT2D eigenvalue weighted by Gasteiger charge is -2.44. The highest BCUT2D eigenvalue weighted by Crippen LogP contribution is 2.55. The molecule has 1 unspecified atom stereocenters. The number of carbonyl (C=O) groups is 3. The zero-order valence-corrected chi connectivity index (χ0v) is 18.8. The van der Waals surface area contributed by atoms with Gasteiger partial charge in [0.2, 0.25) is 5.91 Å². The summed E-state index contributed by atoms with van der Waals surface area (Å²) in [7, 11) is 1.25. The van der Waals surface area contributed by atoms with E-state index in [1.165, 1.54) is 7.11 Å². The zero-order chi connectivity index (χ0) is 23.5. The minimum atomic E-state index is -1.65. The molecule has 0 saturated heterocycles. The molecule has 3 aliphatic rings. The molecule has 1 aliphatic carbocycles. The van der Waals surface area contributed by atoms with Gasteiger partial charge in [-0.05, 0) is 44.4 Å². The number of Topliss-reactive ketones (excluding diaryl/α,β-unsaturated/α-hetero) is 1. The van der Waals surface area contributed by atoms with Crippen LogP contribution >= 0.6 is 0 Å². The fourth-order valence-corrected chi connectivity index (χ4v) is 5.41. The summed E-state index contributed by atoms with van der Waals surface area (Å²) in [6, 6.07) is 13.1. The maximum Gasteiger partial charge on any atom is 0.339 e. The van der Waals surface area contributed by atoms with E-state index in [0.29, 0.717) is 41.8 Å². The van der Waals surface area contributed by atoms with Crippen molar-refractivity contribution in [2.24, 2.45) is 5.73 Å². The van der Waals surface area contributed by atoms with Gasteiger partial charge in [-0.15, -0.1) is 0 Å². The number of nitrogens with two attached hydrogens (primary N) is 1. The molecule has 0 radical (unpaired) electrons. The van der Waals surface area contributed by atoms with Crippen LogP contribution in [0.1, 0.15) is 36.0 Å². The Morgan fingerprint density at radius 1 is 1.12 bits per heavy atom. The van der Waals surface area contributed by atoms with Gasteiger partial charge in [-0.2, -0.15) is 0 Å². The summed E-state index contributed by atoms with van der Waals surface area (Å²) in [5.74, 6) is -1.25. The van der Waals surface area contributed by atoms with Crippen LogP contribution in [-0.4, -0.2) is 24.8 Å². The number of fused-ring (bicyclic) bond motifs is 3. The second kappa shape index (κ2) is 7.33. The van der Waals surface area contributed by atoms with Crippen molar-refractivity contribution in [3.05, 3.63) is 81.8 Å². The summed E-state index contributed by atoms with van der Waals surface area (Å²) >= 11 is 0. The first-order chi connectivity index (χ1) is 15.8. The average Bonchev–Trinajstić information content (AvgIpc) is 3.06. The maximum atomic E-state index is 13.8. The van der Waals surface area contributed by atoms with Gasteiger partial charge in [0.15, 0.2) is 5.78 Å². The second-order valence-corrected chi connectivity index (χ2v) is 8.73. The summed E-state index contributed by atoms with van der Waals surface area (Å²) in [4.78, 5) is 42.5. The number of benzene rings is 2.